The van der Waals surface area contributed by atoms with Crippen molar-refractivity contribution in [1.82, 2.24) is 14.3 Å². The number of ether oxygens (including phenoxy) is 1. The molecule has 25 heavy (non-hydrogen) atoms. The van der Waals surface area contributed by atoms with Crippen molar-refractivity contribution in [2.24, 2.45) is 0 Å². The lowest BCUT2D eigenvalue weighted by atomic mass is 10.1. The van der Waals surface area contributed by atoms with E-state index in [9.17, 15) is 10.1 Å². The Balaban J connectivity index is 2.10. The van der Waals surface area contributed by atoms with Crippen molar-refractivity contribution in [3.63, 3.8) is 0 Å². The molecule has 6 nitrogen and oxygen atoms in total. The van der Waals surface area contributed by atoms with Gasteiger partial charge in [-0.15, -0.1) is 0 Å². The summed E-state index contributed by atoms with van der Waals surface area (Å²) in [5, 5.41) is 14.7. The largest absolute Gasteiger partial charge is 0.462 e. The van der Waals surface area contributed by atoms with Gasteiger partial charge in [-0.25, -0.2) is 9.48 Å². The second-order valence-electron chi connectivity index (χ2n) is 6.15. The summed E-state index contributed by atoms with van der Waals surface area (Å²) in [6, 6.07) is 8.35. The topological polar surface area (TPSA) is 72.8 Å². The Morgan fingerprint density at radius 1 is 1.36 bits per heavy atom. The summed E-state index contributed by atoms with van der Waals surface area (Å²) in [6.07, 6.45) is 3.54. The average Bonchev–Trinajstić information content (AvgIpc) is 3.15. The maximum atomic E-state index is 12.0. The van der Waals surface area contributed by atoms with Gasteiger partial charge in [0.2, 0.25) is 0 Å². The van der Waals surface area contributed by atoms with E-state index in [1.807, 2.05) is 24.4 Å². The Kier molecular flexibility index (Phi) is 4.32. The molecule has 1 aromatic carbocycles. The van der Waals surface area contributed by atoms with Gasteiger partial charge in [0.15, 0.2) is 0 Å². The van der Waals surface area contributed by atoms with Crippen LogP contribution in [0.1, 0.15) is 48.4 Å². The molecule has 2 aromatic heterocycles. The van der Waals surface area contributed by atoms with E-state index in [2.05, 4.69) is 29.6 Å². The number of esters is 1. The molecule has 0 fully saturated rings. The summed E-state index contributed by atoms with van der Waals surface area (Å²) >= 11 is 0. The molecule has 0 saturated carbocycles. The second-order valence-corrected chi connectivity index (χ2v) is 6.15. The Labute approximate surface area is 146 Å². The minimum Gasteiger partial charge on any atom is -0.462 e. The Bertz CT molecular complexity index is 989. The van der Waals surface area contributed by atoms with Gasteiger partial charge in [-0.3, -0.25) is 0 Å². The maximum absolute atomic E-state index is 12.0. The van der Waals surface area contributed by atoms with Crippen LogP contribution in [-0.2, 0) is 4.74 Å². The highest BCUT2D eigenvalue weighted by atomic mass is 16.5. The number of benzene rings is 1. The first-order valence-corrected chi connectivity index (χ1v) is 8.24. The molecule has 3 rings (SSSR count). The smallest absolute Gasteiger partial charge is 0.341 e. The predicted molar refractivity (Wildman–Crippen MR) is 94.9 cm³/mol. The van der Waals surface area contributed by atoms with Gasteiger partial charge < -0.3 is 9.30 Å². The van der Waals surface area contributed by atoms with E-state index in [1.165, 1.54) is 0 Å². The van der Waals surface area contributed by atoms with Gasteiger partial charge in [-0.2, -0.15) is 10.4 Å². The van der Waals surface area contributed by atoms with Crippen LogP contribution < -0.4 is 0 Å². The minimum atomic E-state index is -0.379. The lowest BCUT2D eigenvalue weighted by Gasteiger charge is -2.09. The number of carbonyl (C=O) groups excluding carboxylic acids is 1. The van der Waals surface area contributed by atoms with Crippen LogP contribution in [0.4, 0.5) is 0 Å². The monoisotopic (exact) mass is 336 g/mol. The number of fused-ring (bicyclic) bond motifs is 1. The number of hydrogen-bond acceptors (Lipinski definition) is 4. The normalized spacial score (nSPS) is 11.0. The van der Waals surface area contributed by atoms with Crippen LogP contribution >= 0.6 is 0 Å². The first kappa shape index (κ1) is 16.8. The van der Waals surface area contributed by atoms with E-state index >= 15 is 0 Å². The number of aryl methyl sites for hydroxylation is 1. The standard InChI is InChI=1S/C19H20N4O2/c1-5-25-19(24)17-11-23(21-13(17)4)15-6-7-18-16(8-15)14(9-20)10-22(18)12(2)3/h6-8,10-12H,5H2,1-4H3. The molecule has 0 radical (unpaired) electrons. The van der Waals surface area contributed by atoms with Crippen molar-refractivity contribution in [2.75, 3.05) is 6.61 Å². The van der Waals surface area contributed by atoms with Gasteiger partial charge in [0, 0.05) is 29.3 Å². The van der Waals surface area contributed by atoms with Crippen LogP contribution in [0.2, 0.25) is 0 Å². The summed E-state index contributed by atoms with van der Waals surface area (Å²) < 4.78 is 8.78. The highest BCUT2D eigenvalue weighted by molar-refractivity contribution is 5.91. The number of nitrogens with zero attached hydrogens (tertiary/aromatic N) is 4. The van der Waals surface area contributed by atoms with E-state index in [0.29, 0.717) is 23.4 Å². The number of nitriles is 1. The molecule has 0 N–H and O–H groups in total. The average molecular weight is 336 g/mol. The quantitative estimate of drug-likeness (QED) is 0.680. The molecule has 0 aliphatic heterocycles. The minimum absolute atomic E-state index is 0.262. The zero-order valence-electron chi connectivity index (χ0n) is 14.8. The Hall–Kier alpha value is -3.07. The van der Waals surface area contributed by atoms with Gasteiger partial charge in [-0.05, 0) is 45.9 Å². The van der Waals surface area contributed by atoms with Crippen LogP contribution in [0.15, 0.2) is 30.6 Å². The maximum Gasteiger partial charge on any atom is 0.341 e. The first-order valence-electron chi connectivity index (χ1n) is 8.24. The molecule has 0 bridgehead atoms. The van der Waals surface area contributed by atoms with Crippen molar-refractivity contribution >= 4 is 16.9 Å². The van der Waals surface area contributed by atoms with Crippen molar-refractivity contribution in [3.05, 3.63) is 47.4 Å². The van der Waals surface area contributed by atoms with Gasteiger partial charge in [0.05, 0.1) is 23.6 Å². The van der Waals surface area contributed by atoms with Crippen LogP contribution in [0.3, 0.4) is 0 Å². The lowest BCUT2D eigenvalue weighted by Crippen LogP contribution is -2.04. The van der Waals surface area contributed by atoms with Crippen molar-refractivity contribution < 1.29 is 9.53 Å². The fourth-order valence-electron chi connectivity index (χ4n) is 2.90. The van der Waals surface area contributed by atoms with E-state index in [-0.39, 0.29) is 12.0 Å². The molecule has 0 unspecified atom stereocenters. The third-order valence-electron chi connectivity index (χ3n) is 4.15. The molecule has 3 aromatic rings. The molecular formula is C19H20N4O2. The van der Waals surface area contributed by atoms with Gasteiger partial charge in [-0.1, -0.05) is 0 Å². The Morgan fingerprint density at radius 3 is 2.76 bits per heavy atom. The van der Waals surface area contributed by atoms with Crippen LogP contribution in [-0.4, -0.2) is 26.9 Å². The van der Waals surface area contributed by atoms with Crippen LogP contribution in [0.25, 0.3) is 16.6 Å². The van der Waals surface area contributed by atoms with Gasteiger partial charge in [0.1, 0.15) is 11.6 Å². The second kappa shape index (κ2) is 6.44. The first-order chi connectivity index (χ1) is 12.0. The molecule has 0 saturated heterocycles. The Morgan fingerprint density at radius 2 is 2.12 bits per heavy atom. The van der Waals surface area contributed by atoms with Crippen LogP contribution in [0.5, 0.6) is 0 Å². The van der Waals surface area contributed by atoms with Crippen molar-refractivity contribution in [2.45, 2.75) is 33.7 Å². The molecule has 0 atom stereocenters. The van der Waals surface area contributed by atoms with Crippen LogP contribution in [0, 0.1) is 18.3 Å². The molecule has 0 aliphatic rings. The third-order valence-corrected chi connectivity index (χ3v) is 4.15. The molecule has 0 spiro atoms. The fraction of sp³-hybridized carbons (Fsp3) is 0.316. The molecule has 2 heterocycles. The zero-order chi connectivity index (χ0) is 18.1. The van der Waals surface area contributed by atoms with Gasteiger partial charge in [0.25, 0.3) is 0 Å². The summed E-state index contributed by atoms with van der Waals surface area (Å²) in [4.78, 5) is 12.0. The molecule has 0 aliphatic carbocycles. The molecule has 6 heteroatoms. The predicted octanol–water partition coefficient (Wildman–Crippen LogP) is 3.76. The van der Waals surface area contributed by atoms with Crippen molar-refractivity contribution in [1.29, 1.82) is 5.26 Å². The summed E-state index contributed by atoms with van der Waals surface area (Å²) in [5.41, 5.74) is 3.48. The third kappa shape index (κ3) is 2.89. The summed E-state index contributed by atoms with van der Waals surface area (Å²) in [5.74, 6) is -0.379. The molecular weight excluding hydrogens is 316 g/mol. The zero-order valence-corrected chi connectivity index (χ0v) is 14.8. The van der Waals surface area contributed by atoms with Gasteiger partial charge >= 0.3 is 5.97 Å². The SMILES string of the molecule is CCOC(=O)c1cn(-c2ccc3c(c2)c(C#N)cn3C(C)C)nc1C. The van der Waals surface area contributed by atoms with Crippen molar-refractivity contribution in [3.8, 4) is 11.8 Å². The van der Waals surface area contributed by atoms with E-state index < -0.39 is 0 Å². The van der Waals surface area contributed by atoms with E-state index in [4.69, 9.17) is 4.74 Å². The number of aromatic nitrogens is 3. The lowest BCUT2D eigenvalue weighted by molar-refractivity contribution is 0.0525. The fourth-order valence-corrected chi connectivity index (χ4v) is 2.90. The van der Waals surface area contributed by atoms with E-state index in [0.717, 1.165) is 16.6 Å². The number of hydrogen-bond donors (Lipinski definition) is 0. The number of carbonyl (C=O) groups is 1. The number of rotatable bonds is 4. The highest BCUT2D eigenvalue weighted by Crippen LogP contribution is 2.27. The summed E-state index contributed by atoms with van der Waals surface area (Å²) in [6.45, 7) is 8.03. The highest BCUT2D eigenvalue weighted by Gasteiger charge is 2.16. The van der Waals surface area contributed by atoms with E-state index in [1.54, 1.807) is 24.7 Å². The molecule has 128 valence electrons. The summed E-state index contributed by atoms with van der Waals surface area (Å²) in [7, 11) is 0. The molecule has 0 amide bonds.